The summed E-state index contributed by atoms with van der Waals surface area (Å²) in [5.74, 6) is 2.44. The van der Waals surface area contributed by atoms with Gasteiger partial charge < -0.3 is 4.74 Å². The van der Waals surface area contributed by atoms with E-state index in [0.717, 1.165) is 0 Å². The van der Waals surface area contributed by atoms with Crippen LogP contribution in [0.15, 0.2) is 0 Å². The van der Waals surface area contributed by atoms with Crippen molar-refractivity contribution in [3.05, 3.63) is 0 Å². The molecule has 1 rings (SSSR count). The predicted molar refractivity (Wildman–Crippen MR) is 58.8 cm³/mol. The van der Waals surface area contributed by atoms with E-state index in [1.54, 1.807) is 6.92 Å². The first-order chi connectivity index (χ1) is 7.06. The van der Waals surface area contributed by atoms with E-state index >= 15 is 0 Å². The van der Waals surface area contributed by atoms with Crippen molar-refractivity contribution in [3.8, 4) is 12.3 Å². The summed E-state index contributed by atoms with van der Waals surface area (Å²) in [6.07, 6.45) is 6.68. The van der Waals surface area contributed by atoms with Crippen molar-refractivity contribution in [1.82, 2.24) is 4.72 Å². The highest BCUT2D eigenvalue weighted by Crippen LogP contribution is 2.15. The van der Waals surface area contributed by atoms with Gasteiger partial charge in [0.25, 0.3) is 0 Å². The van der Waals surface area contributed by atoms with Crippen molar-refractivity contribution >= 4 is 10.0 Å². The van der Waals surface area contributed by atoms with Gasteiger partial charge in [0.05, 0.1) is 5.25 Å². The monoisotopic (exact) mass is 231 g/mol. The lowest BCUT2D eigenvalue weighted by Gasteiger charge is -2.23. The number of hydrogen-bond donors (Lipinski definition) is 1. The van der Waals surface area contributed by atoms with Crippen molar-refractivity contribution in [2.45, 2.75) is 37.5 Å². The van der Waals surface area contributed by atoms with Gasteiger partial charge >= 0.3 is 0 Å². The third kappa shape index (κ3) is 3.82. The second-order valence-corrected chi connectivity index (χ2v) is 5.78. The van der Waals surface area contributed by atoms with Gasteiger partial charge in [0.1, 0.15) is 0 Å². The number of rotatable bonds is 4. The van der Waals surface area contributed by atoms with Crippen LogP contribution in [0.2, 0.25) is 0 Å². The minimum atomic E-state index is -3.23. The molecule has 0 radical (unpaired) electrons. The lowest BCUT2D eigenvalue weighted by atomic mass is 10.2. The van der Waals surface area contributed by atoms with E-state index in [2.05, 4.69) is 10.6 Å². The van der Waals surface area contributed by atoms with E-state index in [1.807, 2.05) is 0 Å². The summed E-state index contributed by atoms with van der Waals surface area (Å²) in [5.41, 5.74) is 0. The molecule has 1 atom stereocenters. The molecule has 0 aromatic heterocycles. The van der Waals surface area contributed by atoms with E-state index in [0.29, 0.717) is 32.5 Å². The van der Waals surface area contributed by atoms with Crippen LogP contribution in [0.3, 0.4) is 0 Å². The summed E-state index contributed by atoms with van der Waals surface area (Å²) < 4.78 is 31.4. The zero-order chi connectivity index (χ0) is 11.3. The Kier molecular flexibility index (Phi) is 4.58. The van der Waals surface area contributed by atoms with Crippen LogP contribution in [-0.4, -0.2) is 32.9 Å². The second-order valence-electron chi connectivity index (χ2n) is 3.78. The Hall–Kier alpha value is -0.570. The largest absolute Gasteiger partial charge is 0.381 e. The Labute approximate surface area is 91.4 Å². The summed E-state index contributed by atoms with van der Waals surface area (Å²) in [7, 11) is -3.23. The average Bonchev–Trinajstić information content (AvgIpc) is 2.18. The van der Waals surface area contributed by atoms with Gasteiger partial charge in [-0.05, 0) is 19.8 Å². The molecule has 5 heteroatoms. The SMILES string of the molecule is C#CCC(C)NS(=O)(=O)C1CCOCC1. The molecule has 1 N–H and O–H groups in total. The van der Waals surface area contributed by atoms with Crippen LogP contribution < -0.4 is 4.72 Å². The van der Waals surface area contributed by atoms with Gasteiger partial charge in [-0.3, -0.25) is 0 Å². The molecule has 86 valence electrons. The molecule has 4 nitrogen and oxygen atoms in total. The minimum Gasteiger partial charge on any atom is -0.381 e. The minimum absolute atomic E-state index is 0.192. The van der Waals surface area contributed by atoms with E-state index in [4.69, 9.17) is 11.2 Å². The summed E-state index contributed by atoms with van der Waals surface area (Å²) in [6.45, 7) is 2.82. The fraction of sp³-hybridized carbons (Fsp3) is 0.800. The Morgan fingerprint density at radius 1 is 1.53 bits per heavy atom. The van der Waals surface area contributed by atoms with Gasteiger partial charge in [-0.1, -0.05) is 0 Å². The number of terminal acetylenes is 1. The molecule has 0 bridgehead atoms. The highest BCUT2D eigenvalue weighted by Gasteiger charge is 2.28. The Morgan fingerprint density at radius 3 is 2.67 bits per heavy atom. The zero-order valence-corrected chi connectivity index (χ0v) is 9.72. The average molecular weight is 231 g/mol. The number of sulfonamides is 1. The number of ether oxygens (including phenoxy) is 1. The van der Waals surface area contributed by atoms with Crippen molar-refractivity contribution in [2.24, 2.45) is 0 Å². The van der Waals surface area contributed by atoms with E-state index in [9.17, 15) is 8.42 Å². The van der Waals surface area contributed by atoms with Gasteiger partial charge in [-0.15, -0.1) is 12.3 Å². The Morgan fingerprint density at radius 2 is 2.13 bits per heavy atom. The first-order valence-corrected chi connectivity index (χ1v) is 6.63. The third-order valence-corrected chi connectivity index (χ3v) is 4.48. The van der Waals surface area contributed by atoms with Gasteiger partial charge in [-0.25, -0.2) is 13.1 Å². The van der Waals surface area contributed by atoms with Crippen LogP contribution in [0.4, 0.5) is 0 Å². The molecule has 15 heavy (non-hydrogen) atoms. The summed E-state index contributed by atoms with van der Waals surface area (Å²) in [5, 5.41) is -0.327. The molecule has 0 saturated carbocycles. The summed E-state index contributed by atoms with van der Waals surface area (Å²) in [4.78, 5) is 0. The van der Waals surface area contributed by atoms with Crippen LogP contribution in [0.1, 0.15) is 26.2 Å². The first-order valence-electron chi connectivity index (χ1n) is 5.08. The van der Waals surface area contributed by atoms with Crippen LogP contribution in [-0.2, 0) is 14.8 Å². The lowest BCUT2D eigenvalue weighted by Crippen LogP contribution is -2.41. The topological polar surface area (TPSA) is 55.4 Å². The maximum Gasteiger partial charge on any atom is 0.214 e. The van der Waals surface area contributed by atoms with Crippen molar-refractivity contribution < 1.29 is 13.2 Å². The quantitative estimate of drug-likeness (QED) is 0.717. The highest BCUT2D eigenvalue weighted by atomic mass is 32.2. The van der Waals surface area contributed by atoms with Crippen molar-refractivity contribution in [2.75, 3.05) is 13.2 Å². The van der Waals surface area contributed by atoms with Crippen LogP contribution in [0.25, 0.3) is 0 Å². The normalized spacial score (nSPS) is 20.8. The molecule has 1 saturated heterocycles. The standard InChI is InChI=1S/C10H17NO3S/c1-3-4-9(2)11-15(12,13)10-5-7-14-8-6-10/h1,9-11H,4-8H2,2H3. The molecule has 1 heterocycles. The smallest absolute Gasteiger partial charge is 0.214 e. The van der Waals surface area contributed by atoms with Gasteiger partial charge in [-0.2, -0.15) is 0 Å². The molecule has 1 aliphatic rings. The van der Waals surface area contributed by atoms with E-state index in [-0.39, 0.29) is 11.3 Å². The molecule has 0 aliphatic carbocycles. The molecule has 1 unspecified atom stereocenters. The fourth-order valence-corrected chi connectivity index (χ4v) is 3.23. The number of hydrogen-bond acceptors (Lipinski definition) is 3. The molecule has 0 aromatic rings. The van der Waals surface area contributed by atoms with Crippen LogP contribution in [0, 0.1) is 12.3 Å². The van der Waals surface area contributed by atoms with Crippen molar-refractivity contribution in [3.63, 3.8) is 0 Å². The molecule has 1 aliphatic heterocycles. The Balaban J connectivity index is 2.54. The fourth-order valence-electron chi connectivity index (χ4n) is 1.58. The molecular formula is C10H17NO3S. The summed E-state index contributed by atoms with van der Waals surface area (Å²) >= 11 is 0. The second kappa shape index (κ2) is 5.50. The van der Waals surface area contributed by atoms with Crippen LogP contribution >= 0.6 is 0 Å². The van der Waals surface area contributed by atoms with Gasteiger partial charge in [0.15, 0.2) is 0 Å². The van der Waals surface area contributed by atoms with E-state index in [1.165, 1.54) is 0 Å². The van der Waals surface area contributed by atoms with Gasteiger partial charge in [0, 0.05) is 25.7 Å². The lowest BCUT2D eigenvalue weighted by molar-refractivity contribution is 0.0981. The maximum atomic E-state index is 11.8. The maximum absolute atomic E-state index is 11.8. The van der Waals surface area contributed by atoms with E-state index < -0.39 is 10.0 Å². The first kappa shape index (κ1) is 12.5. The predicted octanol–water partition coefficient (Wildman–Crippen LogP) is 0.497. The van der Waals surface area contributed by atoms with Gasteiger partial charge in [0.2, 0.25) is 10.0 Å². The third-order valence-electron chi connectivity index (χ3n) is 2.40. The summed E-state index contributed by atoms with van der Waals surface area (Å²) in [6, 6.07) is -0.192. The molecule has 0 spiro atoms. The molecule has 0 aromatic carbocycles. The van der Waals surface area contributed by atoms with Crippen molar-refractivity contribution in [1.29, 1.82) is 0 Å². The highest BCUT2D eigenvalue weighted by molar-refractivity contribution is 7.90. The zero-order valence-electron chi connectivity index (χ0n) is 8.90. The molecule has 0 amide bonds. The Bertz CT molecular complexity index is 325. The molecular weight excluding hydrogens is 214 g/mol. The van der Waals surface area contributed by atoms with Crippen LogP contribution in [0.5, 0.6) is 0 Å². The number of nitrogens with one attached hydrogen (secondary N) is 1. The molecule has 1 fully saturated rings.